The van der Waals surface area contributed by atoms with E-state index in [9.17, 15) is 29.8 Å². The molecule has 0 N–H and O–H groups in total. The third-order valence-electron chi connectivity index (χ3n) is 5.54. The Morgan fingerprint density at radius 3 is 2.16 bits per heavy atom. The van der Waals surface area contributed by atoms with Crippen molar-refractivity contribution in [2.24, 2.45) is 0 Å². The van der Waals surface area contributed by atoms with Gasteiger partial charge in [0.15, 0.2) is 0 Å². The van der Waals surface area contributed by atoms with E-state index in [1.54, 1.807) is 17.0 Å². The van der Waals surface area contributed by atoms with Gasteiger partial charge >= 0.3 is 0 Å². The fourth-order valence-corrected chi connectivity index (χ4v) is 3.62. The van der Waals surface area contributed by atoms with Crippen LogP contribution in [0, 0.1) is 20.2 Å². The number of ether oxygens (including phenoxy) is 1. The Balaban J connectivity index is 1.84. The van der Waals surface area contributed by atoms with E-state index in [-0.39, 0.29) is 31.8 Å². The number of carbonyl (C=O) groups excluding carboxylic acids is 2. The molecule has 12 heteroatoms. The molecule has 1 aromatic heterocycles. The second kappa shape index (κ2) is 12.9. The molecule has 0 saturated carbocycles. The SMILES string of the molecule is COCCN(CC(=O)N(CCc1ccccc1)Cc1ccco1)C(=O)c1cc([N+](=O)[O-])cc([N+](=O)[O-])c1. The van der Waals surface area contributed by atoms with Crippen molar-refractivity contribution in [3.8, 4) is 0 Å². The minimum absolute atomic E-state index is 0.00909. The van der Waals surface area contributed by atoms with Gasteiger partial charge in [-0.1, -0.05) is 30.3 Å². The zero-order valence-electron chi connectivity index (χ0n) is 20.1. The Morgan fingerprint density at radius 1 is 0.919 bits per heavy atom. The van der Waals surface area contributed by atoms with E-state index in [0.717, 1.165) is 28.7 Å². The predicted octanol–water partition coefficient (Wildman–Crippen LogP) is 3.46. The van der Waals surface area contributed by atoms with Gasteiger partial charge in [0.25, 0.3) is 17.3 Å². The highest BCUT2D eigenvalue weighted by atomic mass is 16.6. The van der Waals surface area contributed by atoms with Gasteiger partial charge in [-0.3, -0.25) is 29.8 Å². The molecule has 2 aromatic carbocycles. The highest BCUT2D eigenvalue weighted by Gasteiger charge is 2.26. The van der Waals surface area contributed by atoms with Crippen molar-refractivity contribution in [2.45, 2.75) is 13.0 Å². The second-order valence-corrected chi connectivity index (χ2v) is 8.10. The smallest absolute Gasteiger partial charge is 0.277 e. The molecule has 1 heterocycles. The topological polar surface area (TPSA) is 149 Å². The number of hydrogen-bond donors (Lipinski definition) is 0. The number of hydrogen-bond acceptors (Lipinski definition) is 8. The summed E-state index contributed by atoms with van der Waals surface area (Å²) in [5.74, 6) is -0.597. The first-order valence-electron chi connectivity index (χ1n) is 11.3. The van der Waals surface area contributed by atoms with Crippen LogP contribution in [0.15, 0.2) is 71.3 Å². The minimum atomic E-state index is -0.816. The fourth-order valence-electron chi connectivity index (χ4n) is 3.62. The number of benzene rings is 2. The van der Waals surface area contributed by atoms with Gasteiger partial charge in [0.1, 0.15) is 12.3 Å². The Kier molecular flexibility index (Phi) is 9.44. The number of non-ortho nitro benzene ring substituents is 2. The van der Waals surface area contributed by atoms with Crippen molar-refractivity contribution in [3.05, 3.63) is 104 Å². The van der Waals surface area contributed by atoms with Crippen LogP contribution < -0.4 is 0 Å². The average Bonchev–Trinajstić information content (AvgIpc) is 3.42. The summed E-state index contributed by atoms with van der Waals surface area (Å²) in [5, 5.41) is 22.5. The number of methoxy groups -OCH3 is 1. The predicted molar refractivity (Wildman–Crippen MR) is 132 cm³/mol. The summed E-state index contributed by atoms with van der Waals surface area (Å²) in [4.78, 5) is 50.3. The van der Waals surface area contributed by atoms with E-state index in [4.69, 9.17) is 9.15 Å². The molecule has 3 rings (SSSR count). The summed E-state index contributed by atoms with van der Waals surface area (Å²) < 4.78 is 10.5. The molecule has 2 amide bonds. The zero-order valence-corrected chi connectivity index (χ0v) is 20.1. The fraction of sp³-hybridized carbons (Fsp3) is 0.280. The van der Waals surface area contributed by atoms with Crippen LogP contribution in [0.1, 0.15) is 21.7 Å². The molecule has 0 aliphatic heterocycles. The van der Waals surface area contributed by atoms with Crippen LogP contribution >= 0.6 is 0 Å². The lowest BCUT2D eigenvalue weighted by Crippen LogP contribution is -2.44. The average molecular weight is 511 g/mol. The number of amides is 2. The molecule has 194 valence electrons. The van der Waals surface area contributed by atoms with Crippen LogP contribution in [0.2, 0.25) is 0 Å². The number of furan rings is 1. The summed E-state index contributed by atoms with van der Waals surface area (Å²) in [6, 6.07) is 15.7. The van der Waals surface area contributed by atoms with Crippen molar-refractivity contribution in [2.75, 3.05) is 33.4 Å². The molecule has 0 fully saturated rings. The number of nitro benzene ring substituents is 2. The third-order valence-corrected chi connectivity index (χ3v) is 5.54. The maximum Gasteiger partial charge on any atom is 0.277 e. The first-order valence-corrected chi connectivity index (χ1v) is 11.3. The molecule has 12 nitrogen and oxygen atoms in total. The van der Waals surface area contributed by atoms with Crippen LogP contribution in [-0.4, -0.2) is 64.8 Å². The van der Waals surface area contributed by atoms with E-state index >= 15 is 0 Å². The number of nitrogens with zero attached hydrogens (tertiary/aromatic N) is 4. The second-order valence-electron chi connectivity index (χ2n) is 8.10. The molecule has 0 bridgehead atoms. The van der Waals surface area contributed by atoms with Gasteiger partial charge in [0.2, 0.25) is 5.91 Å². The summed E-state index contributed by atoms with van der Waals surface area (Å²) in [7, 11) is 1.42. The Labute approximate surface area is 212 Å². The monoisotopic (exact) mass is 510 g/mol. The first kappa shape index (κ1) is 27.0. The molecule has 0 atom stereocenters. The molecule has 0 aliphatic rings. The van der Waals surface area contributed by atoms with Gasteiger partial charge in [-0.15, -0.1) is 0 Å². The lowest BCUT2D eigenvalue weighted by Gasteiger charge is -2.27. The lowest BCUT2D eigenvalue weighted by atomic mass is 10.1. The zero-order chi connectivity index (χ0) is 26.8. The Hall–Kier alpha value is -4.58. The van der Waals surface area contributed by atoms with Crippen LogP contribution in [0.4, 0.5) is 11.4 Å². The van der Waals surface area contributed by atoms with Crippen LogP contribution in [0.25, 0.3) is 0 Å². The highest BCUT2D eigenvalue weighted by Crippen LogP contribution is 2.24. The molecule has 0 radical (unpaired) electrons. The molecule has 3 aromatic rings. The van der Waals surface area contributed by atoms with Gasteiger partial charge in [-0.05, 0) is 24.1 Å². The van der Waals surface area contributed by atoms with Gasteiger partial charge in [0, 0.05) is 32.3 Å². The van der Waals surface area contributed by atoms with Crippen LogP contribution in [-0.2, 0) is 22.5 Å². The Morgan fingerprint density at radius 2 is 1.59 bits per heavy atom. The van der Waals surface area contributed by atoms with Gasteiger partial charge in [-0.25, -0.2) is 0 Å². The molecule has 0 unspecified atom stereocenters. The van der Waals surface area contributed by atoms with E-state index in [1.165, 1.54) is 13.4 Å². The largest absolute Gasteiger partial charge is 0.467 e. The van der Waals surface area contributed by atoms with Crippen molar-refractivity contribution in [1.82, 2.24) is 9.80 Å². The van der Waals surface area contributed by atoms with Crippen molar-refractivity contribution in [1.29, 1.82) is 0 Å². The maximum absolute atomic E-state index is 13.4. The van der Waals surface area contributed by atoms with Crippen LogP contribution in [0.3, 0.4) is 0 Å². The molecule has 0 spiro atoms. The summed E-state index contributed by atoms with van der Waals surface area (Å²) in [6.07, 6.45) is 2.06. The van der Waals surface area contributed by atoms with E-state index in [2.05, 4.69) is 0 Å². The van der Waals surface area contributed by atoms with Gasteiger partial charge < -0.3 is 19.0 Å². The van der Waals surface area contributed by atoms with Gasteiger partial charge in [0.05, 0.1) is 40.9 Å². The van der Waals surface area contributed by atoms with Gasteiger partial charge in [-0.2, -0.15) is 0 Å². The minimum Gasteiger partial charge on any atom is -0.467 e. The van der Waals surface area contributed by atoms with Crippen LogP contribution in [0.5, 0.6) is 0 Å². The molecular formula is C25H26N4O8. The van der Waals surface area contributed by atoms with E-state index < -0.39 is 33.0 Å². The highest BCUT2D eigenvalue weighted by molar-refractivity contribution is 5.97. The molecule has 0 aliphatic carbocycles. The number of carbonyl (C=O) groups is 2. The quantitative estimate of drug-likeness (QED) is 0.251. The van der Waals surface area contributed by atoms with E-state index in [1.807, 2.05) is 30.3 Å². The molecule has 37 heavy (non-hydrogen) atoms. The van der Waals surface area contributed by atoms with E-state index in [0.29, 0.717) is 18.7 Å². The first-order chi connectivity index (χ1) is 17.8. The summed E-state index contributed by atoms with van der Waals surface area (Å²) >= 11 is 0. The number of nitro groups is 2. The Bertz CT molecular complexity index is 1200. The maximum atomic E-state index is 13.4. The molecular weight excluding hydrogens is 484 g/mol. The standard InChI is InChI=1S/C25H26N4O8/c1-36-13-11-27(25(31)20-14-21(28(32)33)16-22(15-20)29(34)35)18-24(30)26(17-23-8-5-12-37-23)10-9-19-6-3-2-4-7-19/h2-8,12,14-16H,9-11,13,17-18H2,1H3. The third kappa shape index (κ3) is 7.70. The van der Waals surface area contributed by atoms with Crippen molar-refractivity contribution < 1.29 is 28.6 Å². The molecule has 0 saturated heterocycles. The van der Waals surface area contributed by atoms with Crippen molar-refractivity contribution in [3.63, 3.8) is 0 Å². The number of rotatable bonds is 13. The van der Waals surface area contributed by atoms with Crippen molar-refractivity contribution >= 4 is 23.2 Å². The summed E-state index contributed by atoms with van der Waals surface area (Å²) in [5.41, 5.74) is -0.446. The lowest BCUT2D eigenvalue weighted by molar-refractivity contribution is -0.394. The summed E-state index contributed by atoms with van der Waals surface area (Å²) in [6.45, 7) is 0.225. The normalized spacial score (nSPS) is 10.6.